The number of halogens is 4. The molecule has 2 aliphatic rings. The molecule has 226 valence electrons. The molecule has 2 unspecified atom stereocenters. The summed E-state index contributed by atoms with van der Waals surface area (Å²) in [5.74, 6) is -0.621. The zero-order chi connectivity index (χ0) is 30.4. The second kappa shape index (κ2) is 10.9. The standard InChI is InChI=1S/C25H29F4N3O7S2/c1-4-15-11-22(15)40(34,35)30-13-18-14-32(41(36,37)19-8-5-16(26)6-9-19)20-12-17(7-10-21(20)38-18)31-23(33)39-24(2,3)25(27,28)29/h5-10,12,15,18,22,30H,4,11,13-14H2,1-3H3,(H,31,33)/t15?,18-,22?/m0/s1. The van der Waals surface area contributed by atoms with Crippen molar-refractivity contribution in [3.05, 3.63) is 48.3 Å². The van der Waals surface area contributed by atoms with Crippen LogP contribution in [0.15, 0.2) is 47.4 Å². The number of hydrogen-bond donors (Lipinski definition) is 2. The van der Waals surface area contributed by atoms with Crippen LogP contribution < -0.4 is 19.1 Å². The van der Waals surface area contributed by atoms with Gasteiger partial charge in [0, 0.05) is 12.2 Å². The molecule has 0 radical (unpaired) electrons. The van der Waals surface area contributed by atoms with Gasteiger partial charge < -0.3 is 9.47 Å². The molecule has 0 aromatic heterocycles. The summed E-state index contributed by atoms with van der Waals surface area (Å²) in [5, 5.41) is 1.62. The second-order valence-corrected chi connectivity index (χ2v) is 14.1. The number of benzene rings is 2. The summed E-state index contributed by atoms with van der Waals surface area (Å²) in [7, 11) is -8.03. The summed E-state index contributed by atoms with van der Waals surface area (Å²) in [5.41, 5.74) is -2.99. The van der Waals surface area contributed by atoms with Crippen LogP contribution >= 0.6 is 0 Å². The van der Waals surface area contributed by atoms with Crippen molar-refractivity contribution >= 4 is 37.5 Å². The predicted octanol–water partition coefficient (Wildman–Crippen LogP) is 4.39. The lowest BCUT2D eigenvalue weighted by molar-refractivity contribution is -0.242. The third-order valence-electron chi connectivity index (χ3n) is 6.86. The normalized spacial score (nSPS) is 21.0. The second-order valence-electron chi connectivity index (χ2n) is 10.3. The van der Waals surface area contributed by atoms with E-state index in [1.807, 2.05) is 6.92 Å². The Morgan fingerprint density at radius 1 is 1.10 bits per heavy atom. The molecule has 41 heavy (non-hydrogen) atoms. The molecule has 2 N–H and O–H groups in total. The van der Waals surface area contributed by atoms with Gasteiger partial charge in [-0.15, -0.1) is 0 Å². The first-order valence-corrected chi connectivity index (χ1v) is 15.6. The number of sulfonamides is 2. The predicted molar refractivity (Wildman–Crippen MR) is 141 cm³/mol. The van der Waals surface area contributed by atoms with E-state index >= 15 is 0 Å². The Morgan fingerprint density at radius 2 is 1.76 bits per heavy atom. The van der Waals surface area contributed by atoms with E-state index < -0.39 is 55.1 Å². The molecule has 16 heteroatoms. The summed E-state index contributed by atoms with van der Waals surface area (Å²) >= 11 is 0. The zero-order valence-corrected chi connectivity index (χ0v) is 23.9. The van der Waals surface area contributed by atoms with E-state index in [4.69, 9.17) is 4.74 Å². The summed E-state index contributed by atoms with van der Waals surface area (Å²) in [4.78, 5) is 11.9. The lowest BCUT2D eigenvalue weighted by Gasteiger charge is -2.36. The van der Waals surface area contributed by atoms with Crippen LogP contribution in [-0.4, -0.2) is 59.1 Å². The van der Waals surface area contributed by atoms with Crippen LogP contribution in [0.3, 0.4) is 0 Å². The molecule has 0 saturated heterocycles. The molecule has 4 rings (SSSR count). The molecule has 1 aliphatic carbocycles. The molecule has 10 nitrogen and oxygen atoms in total. The number of ether oxygens (including phenoxy) is 2. The third kappa shape index (κ3) is 6.70. The highest BCUT2D eigenvalue weighted by molar-refractivity contribution is 7.92. The van der Waals surface area contributed by atoms with Crippen LogP contribution in [0.5, 0.6) is 5.75 Å². The van der Waals surface area contributed by atoms with E-state index in [2.05, 4.69) is 14.8 Å². The first-order chi connectivity index (χ1) is 18.9. The Balaban J connectivity index is 1.61. The molecule has 2 aromatic carbocycles. The SMILES string of the molecule is CCC1CC1S(=O)(=O)NC[C@H]1CN(S(=O)(=O)c2ccc(F)cc2)c2cc(NC(=O)OC(C)(C)C(F)(F)F)ccc2O1. The van der Waals surface area contributed by atoms with Gasteiger partial charge in [0.1, 0.15) is 17.7 Å². The Morgan fingerprint density at radius 3 is 2.34 bits per heavy atom. The highest BCUT2D eigenvalue weighted by atomic mass is 32.2. The van der Waals surface area contributed by atoms with Gasteiger partial charge in [-0.05, 0) is 68.7 Å². The van der Waals surface area contributed by atoms with Gasteiger partial charge in [0.25, 0.3) is 10.0 Å². The lowest BCUT2D eigenvalue weighted by Crippen LogP contribution is -2.48. The van der Waals surface area contributed by atoms with Crippen molar-refractivity contribution in [2.45, 2.75) is 61.6 Å². The Kier molecular flexibility index (Phi) is 8.23. The fourth-order valence-electron chi connectivity index (χ4n) is 4.24. The Bertz CT molecular complexity index is 1510. The molecule has 1 saturated carbocycles. The van der Waals surface area contributed by atoms with E-state index in [1.165, 1.54) is 12.1 Å². The van der Waals surface area contributed by atoms with Crippen LogP contribution in [0.1, 0.15) is 33.6 Å². The molecule has 0 spiro atoms. The molecule has 2 aromatic rings. The molecule has 1 fully saturated rings. The van der Waals surface area contributed by atoms with Crippen LogP contribution in [-0.2, 0) is 24.8 Å². The summed E-state index contributed by atoms with van der Waals surface area (Å²) in [6.45, 7) is 2.61. The van der Waals surface area contributed by atoms with E-state index in [9.17, 15) is 39.2 Å². The number of carbonyl (C=O) groups is 1. The highest BCUT2D eigenvalue weighted by Gasteiger charge is 2.51. The minimum Gasteiger partial charge on any atom is -0.485 e. The summed E-state index contributed by atoms with van der Waals surface area (Å²) in [6, 6.07) is 7.71. The molecule has 0 bridgehead atoms. The van der Waals surface area contributed by atoms with Crippen LogP contribution in [0, 0.1) is 11.7 Å². The number of amides is 1. The van der Waals surface area contributed by atoms with Gasteiger partial charge in [-0.1, -0.05) is 13.3 Å². The van der Waals surface area contributed by atoms with E-state index in [1.54, 1.807) is 0 Å². The number of nitrogens with zero attached hydrogens (tertiary/aromatic N) is 1. The first-order valence-electron chi connectivity index (χ1n) is 12.6. The average molecular weight is 624 g/mol. The molecule has 3 atom stereocenters. The Hall–Kier alpha value is -3.11. The molecular weight excluding hydrogens is 594 g/mol. The molecule has 1 amide bonds. The van der Waals surface area contributed by atoms with Crippen LogP contribution in [0.2, 0.25) is 0 Å². The topological polar surface area (TPSA) is 131 Å². The average Bonchev–Trinajstić information content (AvgIpc) is 3.67. The van der Waals surface area contributed by atoms with Crippen molar-refractivity contribution in [2.24, 2.45) is 5.92 Å². The number of rotatable bonds is 9. The van der Waals surface area contributed by atoms with E-state index in [0.717, 1.165) is 34.6 Å². The quantitative estimate of drug-likeness (QED) is 0.396. The lowest BCUT2D eigenvalue weighted by atomic mass is 10.1. The largest absolute Gasteiger partial charge is 0.485 e. The van der Waals surface area contributed by atoms with Gasteiger partial charge in [0.05, 0.1) is 22.4 Å². The number of nitrogens with one attached hydrogen (secondary N) is 2. The minimum atomic E-state index is -4.85. The number of fused-ring (bicyclic) bond motifs is 1. The van der Waals surface area contributed by atoms with Gasteiger partial charge in [0.2, 0.25) is 15.6 Å². The van der Waals surface area contributed by atoms with Crippen molar-refractivity contribution in [3.63, 3.8) is 0 Å². The van der Waals surface area contributed by atoms with Crippen molar-refractivity contribution < 1.29 is 48.7 Å². The minimum absolute atomic E-state index is 0.00136. The molecular formula is C25H29F4N3O7S2. The highest BCUT2D eigenvalue weighted by Crippen LogP contribution is 2.41. The van der Waals surface area contributed by atoms with Crippen LogP contribution in [0.25, 0.3) is 0 Å². The van der Waals surface area contributed by atoms with Crippen molar-refractivity contribution in [1.82, 2.24) is 4.72 Å². The number of hydrogen-bond acceptors (Lipinski definition) is 7. The Labute approximate surface area is 235 Å². The zero-order valence-electron chi connectivity index (χ0n) is 22.2. The fourth-order valence-corrected chi connectivity index (χ4v) is 7.57. The maximum atomic E-state index is 13.6. The summed E-state index contributed by atoms with van der Waals surface area (Å²) in [6.07, 6.45) is -6.01. The number of alkyl halides is 3. The first kappa shape index (κ1) is 30.8. The van der Waals surface area contributed by atoms with Crippen molar-refractivity contribution in [1.29, 1.82) is 0 Å². The number of anilines is 2. The maximum absolute atomic E-state index is 13.6. The van der Waals surface area contributed by atoms with Gasteiger partial charge in [0.15, 0.2) is 0 Å². The van der Waals surface area contributed by atoms with Gasteiger partial charge in [-0.2, -0.15) is 13.2 Å². The number of carbonyl (C=O) groups excluding carboxylic acids is 1. The van der Waals surface area contributed by atoms with E-state index in [-0.39, 0.29) is 41.0 Å². The van der Waals surface area contributed by atoms with E-state index in [0.29, 0.717) is 26.7 Å². The van der Waals surface area contributed by atoms with Gasteiger partial charge in [-0.25, -0.2) is 30.7 Å². The smallest absolute Gasteiger partial charge is 0.427 e. The monoisotopic (exact) mass is 623 g/mol. The molecule has 1 aliphatic heterocycles. The van der Waals surface area contributed by atoms with Crippen molar-refractivity contribution in [2.75, 3.05) is 22.7 Å². The van der Waals surface area contributed by atoms with Crippen molar-refractivity contribution in [3.8, 4) is 5.75 Å². The third-order valence-corrected chi connectivity index (χ3v) is 10.6. The maximum Gasteiger partial charge on any atom is 0.427 e. The van der Waals surface area contributed by atoms with Gasteiger partial charge in [-0.3, -0.25) is 9.62 Å². The summed E-state index contributed by atoms with van der Waals surface area (Å²) < 4.78 is 119. The fraction of sp³-hybridized carbons (Fsp3) is 0.480. The van der Waals surface area contributed by atoms with Crippen LogP contribution in [0.4, 0.5) is 33.7 Å². The van der Waals surface area contributed by atoms with Gasteiger partial charge >= 0.3 is 12.3 Å². The molecule has 1 heterocycles.